The van der Waals surface area contributed by atoms with E-state index >= 15 is 0 Å². The minimum atomic E-state index is -0.901. The highest BCUT2D eigenvalue weighted by Gasteiger charge is 2.18. The van der Waals surface area contributed by atoms with Crippen molar-refractivity contribution in [3.05, 3.63) is 54.1 Å². The molecule has 0 saturated carbocycles. The van der Waals surface area contributed by atoms with Gasteiger partial charge in [0.1, 0.15) is 5.75 Å². The van der Waals surface area contributed by atoms with Crippen LogP contribution in [-0.2, 0) is 14.3 Å². The van der Waals surface area contributed by atoms with Gasteiger partial charge in [0, 0.05) is 5.69 Å². The highest BCUT2D eigenvalue weighted by Crippen LogP contribution is 2.17. The van der Waals surface area contributed by atoms with E-state index in [-0.39, 0.29) is 11.3 Å². The van der Waals surface area contributed by atoms with Crippen LogP contribution < -0.4 is 15.4 Å². The number of amides is 2. The molecule has 2 N–H and O–H groups in total. The van der Waals surface area contributed by atoms with Gasteiger partial charge in [-0.3, -0.25) is 9.59 Å². The van der Waals surface area contributed by atoms with Crippen LogP contribution in [0, 0.1) is 0 Å². The van der Waals surface area contributed by atoms with Crippen molar-refractivity contribution in [1.29, 1.82) is 0 Å². The summed E-state index contributed by atoms with van der Waals surface area (Å²) in [5.74, 6) is -1.74. The van der Waals surface area contributed by atoms with Crippen LogP contribution in [0.3, 0.4) is 0 Å². The van der Waals surface area contributed by atoms with Gasteiger partial charge in [-0.2, -0.15) is 0 Å². The average Bonchev–Trinajstić information content (AvgIpc) is 2.62. The van der Waals surface area contributed by atoms with Gasteiger partial charge in [-0.05, 0) is 36.4 Å². The molecule has 0 aromatic heterocycles. The van der Waals surface area contributed by atoms with Crippen molar-refractivity contribution in [3.63, 3.8) is 0 Å². The molecule has 24 heavy (non-hydrogen) atoms. The highest BCUT2D eigenvalue weighted by atomic mass is 16.5. The lowest BCUT2D eigenvalue weighted by Crippen LogP contribution is -2.29. The van der Waals surface area contributed by atoms with Gasteiger partial charge >= 0.3 is 17.8 Å². The number of para-hydroxylation sites is 1. The number of hydrogen-bond acceptors (Lipinski definition) is 5. The lowest BCUT2D eigenvalue weighted by atomic mass is 10.2. The van der Waals surface area contributed by atoms with Crippen molar-refractivity contribution in [2.75, 3.05) is 24.9 Å². The SMILES string of the molecule is COC(=O)c1ccccc1NC(=O)C(=O)Nc1ccc(OC)cc1. The summed E-state index contributed by atoms with van der Waals surface area (Å²) >= 11 is 0. The third kappa shape index (κ3) is 4.10. The van der Waals surface area contributed by atoms with Gasteiger partial charge in [-0.1, -0.05) is 12.1 Å². The predicted octanol–water partition coefficient (Wildman–Crippen LogP) is 2.06. The number of benzene rings is 2. The molecule has 0 atom stereocenters. The number of anilines is 2. The van der Waals surface area contributed by atoms with Gasteiger partial charge in [0.15, 0.2) is 0 Å². The first-order valence-corrected chi connectivity index (χ1v) is 6.99. The van der Waals surface area contributed by atoms with E-state index in [9.17, 15) is 14.4 Å². The molecule has 2 amide bonds. The van der Waals surface area contributed by atoms with E-state index < -0.39 is 17.8 Å². The lowest BCUT2D eigenvalue weighted by Gasteiger charge is -2.10. The summed E-state index contributed by atoms with van der Waals surface area (Å²) in [6.07, 6.45) is 0. The zero-order valence-corrected chi connectivity index (χ0v) is 13.2. The number of esters is 1. The molecule has 7 nitrogen and oxygen atoms in total. The lowest BCUT2D eigenvalue weighted by molar-refractivity contribution is -0.133. The van der Waals surface area contributed by atoms with E-state index in [1.54, 1.807) is 36.4 Å². The Labute approximate surface area is 138 Å². The normalized spacial score (nSPS) is 9.75. The standard InChI is InChI=1S/C17H16N2O5/c1-23-12-9-7-11(8-10-12)18-15(20)16(21)19-14-6-4-3-5-13(14)17(22)24-2/h3-10H,1-2H3,(H,18,20)(H,19,21). The Bertz CT molecular complexity index is 756. The van der Waals surface area contributed by atoms with Crippen molar-refractivity contribution in [2.24, 2.45) is 0 Å². The Hall–Kier alpha value is -3.35. The fraction of sp³-hybridized carbons (Fsp3) is 0.118. The largest absolute Gasteiger partial charge is 0.497 e. The molecule has 0 spiro atoms. The van der Waals surface area contributed by atoms with Crippen molar-refractivity contribution in [3.8, 4) is 5.75 Å². The first-order chi connectivity index (χ1) is 11.5. The molecular weight excluding hydrogens is 312 g/mol. The molecule has 0 bridgehead atoms. The smallest absolute Gasteiger partial charge is 0.339 e. The van der Waals surface area contributed by atoms with Crippen LogP contribution in [0.1, 0.15) is 10.4 Å². The first kappa shape index (κ1) is 17.0. The average molecular weight is 328 g/mol. The van der Waals surface area contributed by atoms with Crippen LogP contribution in [0.2, 0.25) is 0 Å². The number of rotatable bonds is 4. The van der Waals surface area contributed by atoms with Crippen LogP contribution in [-0.4, -0.2) is 32.0 Å². The maximum atomic E-state index is 12.0. The molecule has 0 saturated heterocycles. The Morgan fingerprint density at radius 2 is 1.46 bits per heavy atom. The monoisotopic (exact) mass is 328 g/mol. The van der Waals surface area contributed by atoms with Crippen molar-refractivity contribution in [2.45, 2.75) is 0 Å². The van der Waals surface area contributed by atoms with Gasteiger partial charge in [0.2, 0.25) is 0 Å². The highest BCUT2D eigenvalue weighted by molar-refractivity contribution is 6.43. The van der Waals surface area contributed by atoms with Crippen LogP contribution in [0.15, 0.2) is 48.5 Å². The van der Waals surface area contributed by atoms with Crippen LogP contribution in [0.4, 0.5) is 11.4 Å². The maximum Gasteiger partial charge on any atom is 0.339 e. The van der Waals surface area contributed by atoms with Crippen molar-refractivity contribution in [1.82, 2.24) is 0 Å². The Morgan fingerprint density at radius 1 is 0.833 bits per heavy atom. The second kappa shape index (κ2) is 7.77. The Balaban J connectivity index is 2.06. The summed E-state index contributed by atoms with van der Waals surface area (Å²) in [5.41, 5.74) is 0.794. The fourth-order valence-corrected chi connectivity index (χ4v) is 1.92. The van der Waals surface area contributed by atoms with Gasteiger partial charge in [0.05, 0.1) is 25.5 Å². The summed E-state index contributed by atoms with van der Waals surface area (Å²) in [5, 5.41) is 4.85. The van der Waals surface area contributed by atoms with Crippen molar-refractivity contribution >= 4 is 29.2 Å². The molecule has 0 fully saturated rings. The number of ether oxygens (including phenoxy) is 2. The molecule has 124 valence electrons. The van der Waals surface area contributed by atoms with E-state index in [1.165, 1.54) is 26.4 Å². The van der Waals surface area contributed by atoms with E-state index in [2.05, 4.69) is 15.4 Å². The second-order valence-electron chi connectivity index (χ2n) is 4.67. The maximum absolute atomic E-state index is 12.0. The molecule has 0 aliphatic rings. The van der Waals surface area contributed by atoms with Crippen LogP contribution in [0.5, 0.6) is 5.75 Å². The van der Waals surface area contributed by atoms with Gasteiger partial charge in [-0.25, -0.2) is 4.79 Å². The third-order valence-corrected chi connectivity index (χ3v) is 3.13. The first-order valence-electron chi connectivity index (χ1n) is 6.99. The van der Waals surface area contributed by atoms with Crippen LogP contribution in [0.25, 0.3) is 0 Å². The summed E-state index contributed by atoms with van der Waals surface area (Å²) in [4.78, 5) is 35.6. The quantitative estimate of drug-likeness (QED) is 0.662. The Morgan fingerprint density at radius 3 is 2.08 bits per heavy atom. The van der Waals surface area contributed by atoms with Gasteiger partial charge < -0.3 is 20.1 Å². The number of carbonyl (C=O) groups excluding carboxylic acids is 3. The number of carbonyl (C=O) groups is 3. The molecule has 0 unspecified atom stereocenters. The second-order valence-corrected chi connectivity index (χ2v) is 4.67. The molecule has 0 aliphatic carbocycles. The summed E-state index contributed by atoms with van der Waals surface area (Å²) in [6, 6.07) is 12.8. The van der Waals surface area contributed by atoms with E-state index in [4.69, 9.17) is 4.74 Å². The molecule has 0 radical (unpaired) electrons. The predicted molar refractivity (Wildman–Crippen MR) is 88.0 cm³/mol. The van der Waals surface area contributed by atoms with Gasteiger partial charge in [-0.15, -0.1) is 0 Å². The number of nitrogens with one attached hydrogen (secondary N) is 2. The molecular formula is C17H16N2O5. The zero-order chi connectivity index (χ0) is 17.5. The number of methoxy groups -OCH3 is 2. The third-order valence-electron chi connectivity index (χ3n) is 3.13. The van der Waals surface area contributed by atoms with E-state index in [1.807, 2.05) is 0 Å². The molecule has 0 heterocycles. The summed E-state index contributed by atoms with van der Waals surface area (Å²) < 4.78 is 9.64. The minimum absolute atomic E-state index is 0.158. The molecule has 7 heteroatoms. The van der Waals surface area contributed by atoms with Gasteiger partial charge in [0.25, 0.3) is 0 Å². The fourth-order valence-electron chi connectivity index (χ4n) is 1.92. The summed E-state index contributed by atoms with van der Waals surface area (Å²) in [7, 11) is 2.76. The molecule has 2 aromatic carbocycles. The molecule has 2 aromatic rings. The minimum Gasteiger partial charge on any atom is -0.497 e. The van der Waals surface area contributed by atoms with E-state index in [0.29, 0.717) is 11.4 Å². The summed E-state index contributed by atoms with van der Waals surface area (Å²) in [6.45, 7) is 0. The zero-order valence-electron chi connectivity index (χ0n) is 13.2. The Kier molecular flexibility index (Phi) is 5.51. The number of hydrogen-bond donors (Lipinski definition) is 2. The van der Waals surface area contributed by atoms with E-state index in [0.717, 1.165) is 0 Å². The molecule has 0 aliphatic heterocycles. The molecule has 2 rings (SSSR count). The van der Waals surface area contributed by atoms with Crippen LogP contribution >= 0.6 is 0 Å². The van der Waals surface area contributed by atoms with Crippen molar-refractivity contribution < 1.29 is 23.9 Å². The topological polar surface area (TPSA) is 93.7 Å².